The van der Waals surface area contributed by atoms with Crippen LogP contribution in [-0.2, 0) is 11.3 Å². The van der Waals surface area contributed by atoms with Crippen LogP contribution in [0.25, 0.3) is 0 Å². The maximum atomic E-state index is 11.2. The van der Waals surface area contributed by atoms with Gasteiger partial charge in [0.15, 0.2) is 0 Å². The molecule has 0 aliphatic carbocycles. The first-order valence-corrected chi connectivity index (χ1v) is 5.96. The van der Waals surface area contributed by atoms with Crippen molar-refractivity contribution in [2.45, 2.75) is 20.4 Å². The maximum absolute atomic E-state index is 11.2. The lowest BCUT2D eigenvalue weighted by Gasteiger charge is -2.10. The quantitative estimate of drug-likeness (QED) is 0.750. The molecule has 2 N–H and O–H groups in total. The minimum atomic E-state index is 0.0152. The van der Waals surface area contributed by atoms with E-state index in [9.17, 15) is 4.79 Å². The maximum Gasteiger partial charge on any atom is 0.233 e. The van der Waals surface area contributed by atoms with E-state index in [4.69, 9.17) is 4.74 Å². The van der Waals surface area contributed by atoms with Crippen LogP contribution in [0.2, 0.25) is 0 Å². The Morgan fingerprint density at radius 3 is 2.76 bits per heavy atom. The van der Waals surface area contributed by atoms with Crippen molar-refractivity contribution < 1.29 is 9.53 Å². The topological polar surface area (TPSA) is 50.4 Å². The number of para-hydroxylation sites is 1. The van der Waals surface area contributed by atoms with Crippen LogP contribution < -0.4 is 15.4 Å². The lowest BCUT2D eigenvalue weighted by Crippen LogP contribution is -2.33. The number of hydrogen-bond donors (Lipinski definition) is 2. The summed E-state index contributed by atoms with van der Waals surface area (Å²) in [5.41, 5.74) is 1.07. The highest BCUT2D eigenvalue weighted by atomic mass is 16.5. The molecular formula is C13H20N2O2. The summed E-state index contributed by atoms with van der Waals surface area (Å²) in [7, 11) is 0. The first-order valence-electron chi connectivity index (χ1n) is 5.96. The van der Waals surface area contributed by atoms with Crippen molar-refractivity contribution in [2.24, 2.45) is 0 Å². The number of carbonyl (C=O) groups is 1. The number of ether oxygens (including phenoxy) is 1. The van der Waals surface area contributed by atoms with Gasteiger partial charge in [-0.05, 0) is 19.9 Å². The molecule has 0 bridgehead atoms. The zero-order valence-corrected chi connectivity index (χ0v) is 10.5. The highest BCUT2D eigenvalue weighted by molar-refractivity contribution is 5.77. The van der Waals surface area contributed by atoms with Gasteiger partial charge in [0.05, 0.1) is 13.2 Å². The molecular weight excluding hydrogens is 216 g/mol. The smallest absolute Gasteiger partial charge is 0.233 e. The molecule has 4 heteroatoms. The number of amides is 1. The Labute approximate surface area is 102 Å². The summed E-state index contributed by atoms with van der Waals surface area (Å²) in [6, 6.07) is 7.84. The summed E-state index contributed by atoms with van der Waals surface area (Å²) in [4.78, 5) is 11.2. The van der Waals surface area contributed by atoms with Crippen molar-refractivity contribution in [1.82, 2.24) is 10.6 Å². The van der Waals surface area contributed by atoms with Gasteiger partial charge in [0.1, 0.15) is 5.75 Å². The Balaban J connectivity index is 2.43. The minimum absolute atomic E-state index is 0.0152. The van der Waals surface area contributed by atoms with E-state index in [0.29, 0.717) is 26.2 Å². The zero-order chi connectivity index (χ0) is 12.5. The largest absolute Gasteiger partial charge is 0.494 e. The lowest BCUT2D eigenvalue weighted by molar-refractivity contribution is -0.120. The van der Waals surface area contributed by atoms with Crippen LogP contribution in [0, 0.1) is 0 Å². The number of rotatable bonds is 7. The molecule has 0 aliphatic heterocycles. The van der Waals surface area contributed by atoms with Gasteiger partial charge in [-0.2, -0.15) is 0 Å². The van der Waals surface area contributed by atoms with Gasteiger partial charge in [0.2, 0.25) is 5.91 Å². The Hall–Kier alpha value is -1.55. The Morgan fingerprint density at radius 2 is 2.06 bits per heavy atom. The highest BCUT2D eigenvalue weighted by Gasteiger charge is 2.03. The average Bonchev–Trinajstić information content (AvgIpc) is 2.32. The van der Waals surface area contributed by atoms with E-state index in [-0.39, 0.29) is 5.91 Å². The van der Waals surface area contributed by atoms with Gasteiger partial charge >= 0.3 is 0 Å². The average molecular weight is 236 g/mol. The summed E-state index contributed by atoms with van der Waals surface area (Å²) >= 11 is 0. The highest BCUT2D eigenvalue weighted by Crippen LogP contribution is 2.17. The number of likely N-dealkylation sites (N-methyl/N-ethyl adjacent to an activating group) is 1. The molecule has 1 rings (SSSR count). The standard InChI is InChI=1S/C13H20N2O2/c1-3-15-13(16)10-14-9-11-7-5-6-8-12(11)17-4-2/h5-8,14H,3-4,9-10H2,1-2H3,(H,15,16). The molecule has 0 unspecified atom stereocenters. The lowest BCUT2D eigenvalue weighted by atomic mass is 10.2. The fourth-order valence-electron chi connectivity index (χ4n) is 1.52. The Morgan fingerprint density at radius 1 is 1.29 bits per heavy atom. The van der Waals surface area contributed by atoms with Crippen molar-refractivity contribution in [2.75, 3.05) is 19.7 Å². The molecule has 1 aromatic carbocycles. The molecule has 4 nitrogen and oxygen atoms in total. The molecule has 0 spiro atoms. The van der Waals surface area contributed by atoms with Crippen LogP contribution in [0.15, 0.2) is 24.3 Å². The van der Waals surface area contributed by atoms with E-state index in [1.54, 1.807) is 0 Å². The summed E-state index contributed by atoms with van der Waals surface area (Å²) < 4.78 is 5.50. The number of nitrogens with one attached hydrogen (secondary N) is 2. The summed E-state index contributed by atoms with van der Waals surface area (Å²) in [5.74, 6) is 0.889. The van der Waals surface area contributed by atoms with Gasteiger partial charge < -0.3 is 15.4 Å². The second kappa shape index (κ2) is 7.68. The fourth-order valence-corrected chi connectivity index (χ4v) is 1.52. The van der Waals surface area contributed by atoms with E-state index >= 15 is 0 Å². The SMILES string of the molecule is CCNC(=O)CNCc1ccccc1OCC. The second-order valence-electron chi connectivity index (χ2n) is 3.60. The molecule has 0 saturated carbocycles. The van der Waals surface area contributed by atoms with Gasteiger partial charge in [-0.1, -0.05) is 18.2 Å². The van der Waals surface area contributed by atoms with E-state index in [1.165, 1.54) is 0 Å². The first kappa shape index (κ1) is 13.5. The molecule has 1 amide bonds. The van der Waals surface area contributed by atoms with E-state index < -0.39 is 0 Å². The third kappa shape index (κ3) is 4.87. The number of benzene rings is 1. The van der Waals surface area contributed by atoms with E-state index in [1.807, 2.05) is 38.1 Å². The summed E-state index contributed by atoms with van der Waals surface area (Å²) in [5, 5.41) is 5.83. The molecule has 0 atom stereocenters. The van der Waals surface area contributed by atoms with Crippen LogP contribution in [-0.4, -0.2) is 25.6 Å². The molecule has 94 valence electrons. The molecule has 0 radical (unpaired) electrons. The molecule has 0 heterocycles. The molecule has 1 aromatic rings. The monoisotopic (exact) mass is 236 g/mol. The summed E-state index contributed by atoms with van der Waals surface area (Å²) in [6.07, 6.45) is 0. The third-order valence-corrected chi connectivity index (χ3v) is 2.25. The van der Waals surface area contributed by atoms with E-state index in [0.717, 1.165) is 11.3 Å². The molecule has 0 saturated heterocycles. The van der Waals surface area contributed by atoms with Gasteiger partial charge in [0.25, 0.3) is 0 Å². The van der Waals surface area contributed by atoms with Gasteiger partial charge in [-0.15, -0.1) is 0 Å². The van der Waals surface area contributed by atoms with Gasteiger partial charge in [-0.25, -0.2) is 0 Å². The van der Waals surface area contributed by atoms with Crippen LogP contribution in [0.5, 0.6) is 5.75 Å². The van der Waals surface area contributed by atoms with Crippen molar-refractivity contribution >= 4 is 5.91 Å². The fraction of sp³-hybridized carbons (Fsp3) is 0.462. The normalized spacial score (nSPS) is 10.0. The molecule has 0 fully saturated rings. The predicted octanol–water partition coefficient (Wildman–Crippen LogP) is 1.31. The Bertz CT molecular complexity index is 353. The minimum Gasteiger partial charge on any atom is -0.494 e. The van der Waals surface area contributed by atoms with Crippen molar-refractivity contribution in [3.8, 4) is 5.75 Å². The second-order valence-corrected chi connectivity index (χ2v) is 3.60. The van der Waals surface area contributed by atoms with Crippen LogP contribution in [0.3, 0.4) is 0 Å². The first-order chi connectivity index (χ1) is 8.27. The summed E-state index contributed by atoms with van der Waals surface area (Å²) in [6.45, 7) is 6.13. The molecule has 0 aliphatic rings. The predicted molar refractivity (Wildman–Crippen MR) is 68.0 cm³/mol. The van der Waals surface area contributed by atoms with Crippen molar-refractivity contribution in [3.05, 3.63) is 29.8 Å². The van der Waals surface area contributed by atoms with Gasteiger partial charge in [0, 0.05) is 18.7 Å². The number of carbonyl (C=O) groups excluding carboxylic acids is 1. The van der Waals surface area contributed by atoms with Crippen LogP contribution in [0.1, 0.15) is 19.4 Å². The van der Waals surface area contributed by atoms with Crippen molar-refractivity contribution in [1.29, 1.82) is 0 Å². The molecule has 0 aromatic heterocycles. The van der Waals surface area contributed by atoms with E-state index in [2.05, 4.69) is 10.6 Å². The van der Waals surface area contributed by atoms with Crippen LogP contribution in [0.4, 0.5) is 0 Å². The zero-order valence-electron chi connectivity index (χ0n) is 10.5. The van der Waals surface area contributed by atoms with Crippen LogP contribution >= 0.6 is 0 Å². The van der Waals surface area contributed by atoms with Gasteiger partial charge in [-0.3, -0.25) is 4.79 Å². The number of hydrogen-bond acceptors (Lipinski definition) is 3. The Kier molecular flexibility index (Phi) is 6.10. The third-order valence-electron chi connectivity index (χ3n) is 2.25. The van der Waals surface area contributed by atoms with Crippen molar-refractivity contribution in [3.63, 3.8) is 0 Å². The molecule has 17 heavy (non-hydrogen) atoms.